The Morgan fingerprint density at radius 2 is 2.41 bits per heavy atom. The summed E-state index contributed by atoms with van der Waals surface area (Å²) in [5, 5.41) is 2.55. The summed E-state index contributed by atoms with van der Waals surface area (Å²) in [5.41, 5.74) is 7.09. The van der Waals surface area contributed by atoms with Crippen LogP contribution >= 0.6 is 11.3 Å². The molecule has 0 aromatic carbocycles. The molecule has 0 saturated carbocycles. The molecule has 0 aliphatic heterocycles. The Kier molecular flexibility index (Phi) is 3.61. The zero-order valence-corrected chi connectivity index (χ0v) is 10.3. The van der Waals surface area contributed by atoms with Crippen molar-refractivity contribution >= 4 is 17.1 Å². The molecule has 0 bridgehead atoms. The average molecular weight is 247 g/mol. The van der Waals surface area contributed by atoms with Gasteiger partial charge in [-0.1, -0.05) is 6.07 Å². The fourth-order valence-electron chi connectivity index (χ4n) is 1.40. The number of Topliss-reactive ketones (excluding diaryl/α,β-unsaturated/α-hetero) is 1. The van der Waals surface area contributed by atoms with E-state index >= 15 is 0 Å². The molecule has 88 valence electrons. The van der Waals surface area contributed by atoms with Crippen LogP contribution in [0.25, 0.3) is 0 Å². The summed E-state index contributed by atoms with van der Waals surface area (Å²) in [4.78, 5) is 20.1. The minimum Gasteiger partial charge on any atom is -0.322 e. The Hall–Kier alpha value is -1.59. The Bertz CT molecular complexity index is 507. The minimum absolute atomic E-state index is 0.00106. The van der Waals surface area contributed by atoms with Crippen LogP contribution in [0.15, 0.2) is 29.9 Å². The molecule has 1 unspecified atom stereocenters. The molecule has 0 aliphatic carbocycles. The van der Waals surface area contributed by atoms with E-state index in [9.17, 15) is 4.79 Å². The van der Waals surface area contributed by atoms with Crippen molar-refractivity contribution in [2.24, 2.45) is 5.73 Å². The lowest BCUT2D eigenvalue weighted by Crippen LogP contribution is -2.07. The summed E-state index contributed by atoms with van der Waals surface area (Å²) in [5.74, 6) is 0.00106. The highest BCUT2D eigenvalue weighted by Crippen LogP contribution is 2.17. The van der Waals surface area contributed by atoms with E-state index in [1.807, 2.05) is 19.1 Å². The number of thiazole rings is 1. The van der Waals surface area contributed by atoms with E-state index < -0.39 is 0 Å². The number of nitrogens with zero attached hydrogens (tertiary/aromatic N) is 2. The maximum Gasteiger partial charge on any atom is 0.186 e. The van der Waals surface area contributed by atoms with Gasteiger partial charge in [-0.2, -0.15) is 0 Å². The van der Waals surface area contributed by atoms with Crippen molar-refractivity contribution in [3.63, 3.8) is 0 Å². The Morgan fingerprint density at radius 1 is 1.59 bits per heavy atom. The standard InChI is InChI=1S/C12H13N3OS/c1-8(13)12-15-10(7-17-12)11(16)5-9-3-2-4-14-6-9/h2-4,6-8H,5,13H2,1H3. The van der Waals surface area contributed by atoms with Crippen molar-refractivity contribution in [3.8, 4) is 0 Å². The Labute approximate surface area is 104 Å². The van der Waals surface area contributed by atoms with Crippen molar-refractivity contribution in [3.05, 3.63) is 46.2 Å². The molecule has 2 N–H and O–H groups in total. The summed E-state index contributed by atoms with van der Waals surface area (Å²) in [6, 6.07) is 3.57. The van der Waals surface area contributed by atoms with Crippen LogP contribution in [0.4, 0.5) is 0 Å². The van der Waals surface area contributed by atoms with Crippen LogP contribution in [0.2, 0.25) is 0 Å². The Balaban J connectivity index is 2.10. The second-order valence-corrected chi connectivity index (χ2v) is 4.71. The maximum absolute atomic E-state index is 11.9. The van der Waals surface area contributed by atoms with Gasteiger partial charge in [0.15, 0.2) is 5.78 Å². The van der Waals surface area contributed by atoms with Gasteiger partial charge in [0.1, 0.15) is 10.7 Å². The molecule has 0 radical (unpaired) electrons. The van der Waals surface area contributed by atoms with Gasteiger partial charge in [-0.25, -0.2) is 4.98 Å². The molecule has 2 rings (SSSR count). The fraction of sp³-hybridized carbons (Fsp3) is 0.250. The van der Waals surface area contributed by atoms with E-state index in [0.717, 1.165) is 10.6 Å². The molecule has 5 heteroatoms. The third-order valence-electron chi connectivity index (χ3n) is 2.28. The van der Waals surface area contributed by atoms with Gasteiger partial charge in [0.2, 0.25) is 0 Å². The number of carbonyl (C=O) groups is 1. The van der Waals surface area contributed by atoms with Gasteiger partial charge in [0, 0.05) is 24.2 Å². The first-order chi connectivity index (χ1) is 8.16. The first-order valence-corrected chi connectivity index (χ1v) is 6.18. The summed E-state index contributed by atoms with van der Waals surface area (Å²) < 4.78 is 0. The van der Waals surface area contributed by atoms with Crippen LogP contribution < -0.4 is 5.73 Å². The third kappa shape index (κ3) is 2.95. The molecule has 0 saturated heterocycles. The average Bonchev–Trinajstić information content (AvgIpc) is 2.79. The molecule has 1 atom stereocenters. The lowest BCUT2D eigenvalue weighted by Gasteiger charge is -1.98. The second kappa shape index (κ2) is 5.16. The summed E-state index contributed by atoms with van der Waals surface area (Å²) >= 11 is 1.42. The number of carbonyl (C=O) groups excluding carboxylic acids is 1. The zero-order valence-electron chi connectivity index (χ0n) is 9.46. The van der Waals surface area contributed by atoms with Gasteiger partial charge in [-0.05, 0) is 18.6 Å². The molecule has 0 fully saturated rings. The predicted molar refractivity (Wildman–Crippen MR) is 67.0 cm³/mol. The number of nitrogens with two attached hydrogens (primary N) is 1. The smallest absolute Gasteiger partial charge is 0.186 e. The largest absolute Gasteiger partial charge is 0.322 e. The van der Waals surface area contributed by atoms with Gasteiger partial charge in [0.05, 0.1) is 6.04 Å². The van der Waals surface area contributed by atoms with E-state index in [1.165, 1.54) is 11.3 Å². The van der Waals surface area contributed by atoms with Crippen molar-refractivity contribution in [2.75, 3.05) is 0 Å². The molecule has 2 aromatic heterocycles. The van der Waals surface area contributed by atoms with Crippen molar-refractivity contribution in [2.45, 2.75) is 19.4 Å². The van der Waals surface area contributed by atoms with Crippen molar-refractivity contribution < 1.29 is 4.79 Å². The van der Waals surface area contributed by atoms with Crippen LogP contribution in [0, 0.1) is 0 Å². The van der Waals surface area contributed by atoms with E-state index in [2.05, 4.69) is 9.97 Å². The SMILES string of the molecule is CC(N)c1nc(C(=O)Cc2cccnc2)cs1. The van der Waals surface area contributed by atoms with Crippen LogP contribution in [-0.4, -0.2) is 15.8 Å². The number of aromatic nitrogens is 2. The molecular weight excluding hydrogens is 234 g/mol. The van der Waals surface area contributed by atoms with E-state index in [-0.39, 0.29) is 11.8 Å². The number of pyridine rings is 1. The van der Waals surface area contributed by atoms with Crippen LogP contribution in [0.3, 0.4) is 0 Å². The summed E-state index contributed by atoms with van der Waals surface area (Å²) in [7, 11) is 0. The highest BCUT2D eigenvalue weighted by molar-refractivity contribution is 7.09. The third-order valence-corrected chi connectivity index (χ3v) is 3.33. The van der Waals surface area contributed by atoms with E-state index in [1.54, 1.807) is 17.8 Å². The Morgan fingerprint density at radius 3 is 3.00 bits per heavy atom. The van der Waals surface area contributed by atoms with Gasteiger partial charge in [0.25, 0.3) is 0 Å². The normalized spacial score (nSPS) is 12.4. The highest BCUT2D eigenvalue weighted by Gasteiger charge is 2.13. The quantitative estimate of drug-likeness (QED) is 0.839. The topological polar surface area (TPSA) is 68.9 Å². The number of hydrogen-bond donors (Lipinski definition) is 1. The highest BCUT2D eigenvalue weighted by atomic mass is 32.1. The molecule has 4 nitrogen and oxygen atoms in total. The van der Waals surface area contributed by atoms with Crippen LogP contribution in [0.5, 0.6) is 0 Å². The second-order valence-electron chi connectivity index (χ2n) is 3.82. The number of rotatable bonds is 4. The van der Waals surface area contributed by atoms with Crippen LogP contribution in [0.1, 0.15) is 34.0 Å². The molecule has 17 heavy (non-hydrogen) atoms. The summed E-state index contributed by atoms with van der Waals surface area (Å²) in [6.07, 6.45) is 3.71. The summed E-state index contributed by atoms with van der Waals surface area (Å²) in [6.45, 7) is 1.86. The molecule has 2 aromatic rings. The maximum atomic E-state index is 11.9. The van der Waals surface area contributed by atoms with Gasteiger partial charge in [-0.15, -0.1) is 11.3 Å². The fourth-order valence-corrected chi connectivity index (χ4v) is 2.19. The van der Waals surface area contributed by atoms with Gasteiger partial charge < -0.3 is 5.73 Å². The molecule has 0 spiro atoms. The van der Waals surface area contributed by atoms with Crippen molar-refractivity contribution in [1.29, 1.82) is 0 Å². The van der Waals surface area contributed by atoms with E-state index in [0.29, 0.717) is 12.1 Å². The van der Waals surface area contributed by atoms with Crippen molar-refractivity contribution in [1.82, 2.24) is 9.97 Å². The molecular formula is C12H13N3OS. The van der Waals surface area contributed by atoms with Crippen LogP contribution in [-0.2, 0) is 6.42 Å². The monoisotopic (exact) mass is 247 g/mol. The first-order valence-electron chi connectivity index (χ1n) is 5.30. The minimum atomic E-state index is -0.125. The zero-order chi connectivity index (χ0) is 12.3. The molecule has 2 heterocycles. The predicted octanol–water partition coefficient (Wildman–Crippen LogP) is 1.98. The first kappa shape index (κ1) is 11.9. The number of hydrogen-bond acceptors (Lipinski definition) is 5. The lowest BCUT2D eigenvalue weighted by molar-refractivity contribution is 0.0988. The molecule has 0 aliphatic rings. The van der Waals surface area contributed by atoms with Gasteiger partial charge >= 0.3 is 0 Å². The van der Waals surface area contributed by atoms with Gasteiger partial charge in [-0.3, -0.25) is 9.78 Å². The lowest BCUT2D eigenvalue weighted by atomic mass is 10.1. The molecule has 0 amide bonds. The van der Waals surface area contributed by atoms with E-state index in [4.69, 9.17) is 5.73 Å². The number of ketones is 1.